The molecule has 0 spiro atoms. The third-order valence-electron chi connectivity index (χ3n) is 3.23. The zero-order valence-electron chi connectivity index (χ0n) is 13.3. The number of nitrogens with zero attached hydrogens (tertiary/aromatic N) is 3. The molecule has 2 aromatic rings. The maximum Gasteiger partial charge on any atom is 0.417 e. The van der Waals surface area contributed by atoms with Gasteiger partial charge in [-0.1, -0.05) is 13.8 Å². The van der Waals surface area contributed by atoms with Crippen LogP contribution in [0.5, 0.6) is 0 Å². The molecule has 0 saturated carbocycles. The molecule has 0 amide bonds. The molecule has 0 aliphatic carbocycles. The molecule has 24 heavy (non-hydrogen) atoms. The summed E-state index contributed by atoms with van der Waals surface area (Å²) in [5, 5.41) is 4.35. The van der Waals surface area contributed by atoms with E-state index in [1.807, 2.05) is 13.8 Å². The minimum Gasteiger partial charge on any atom is -0.466 e. The number of ether oxygens (including phenoxy) is 1. The van der Waals surface area contributed by atoms with Crippen LogP contribution in [0.2, 0.25) is 0 Å². The summed E-state index contributed by atoms with van der Waals surface area (Å²) in [6.45, 7) is 3.84. The van der Waals surface area contributed by atoms with Gasteiger partial charge >= 0.3 is 12.1 Å². The first-order chi connectivity index (χ1) is 11.2. The monoisotopic (exact) mass is 339 g/mol. The summed E-state index contributed by atoms with van der Waals surface area (Å²) in [4.78, 5) is 15.0. The van der Waals surface area contributed by atoms with Crippen LogP contribution in [0.4, 0.5) is 13.2 Å². The number of carbonyl (C=O) groups excluding carboxylic acids is 1. The van der Waals surface area contributed by atoms with Gasteiger partial charge in [0.1, 0.15) is 0 Å². The summed E-state index contributed by atoms with van der Waals surface area (Å²) >= 11 is 0. The first kappa shape index (κ1) is 17.7. The largest absolute Gasteiger partial charge is 0.466 e. The van der Waals surface area contributed by atoms with Crippen molar-refractivity contribution in [2.45, 2.75) is 25.9 Å². The minimum atomic E-state index is -4.44. The summed E-state index contributed by atoms with van der Waals surface area (Å²) < 4.78 is 43.7. The van der Waals surface area contributed by atoms with E-state index >= 15 is 0 Å². The van der Waals surface area contributed by atoms with Gasteiger partial charge in [-0.15, -0.1) is 0 Å². The fraction of sp³-hybridized carbons (Fsp3) is 0.312. The fourth-order valence-electron chi connectivity index (χ4n) is 2.01. The molecule has 8 heteroatoms. The zero-order valence-corrected chi connectivity index (χ0v) is 13.3. The third kappa shape index (κ3) is 4.01. The summed E-state index contributed by atoms with van der Waals surface area (Å²) in [5.41, 5.74) is 0.530. The summed E-state index contributed by atoms with van der Waals surface area (Å²) in [5.74, 6) is -0.203. The van der Waals surface area contributed by atoms with E-state index in [9.17, 15) is 18.0 Å². The Labute approximate surface area is 136 Å². The summed E-state index contributed by atoms with van der Waals surface area (Å²) in [7, 11) is 1.27. The quantitative estimate of drug-likeness (QED) is 0.631. The van der Waals surface area contributed by atoms with E-state index in [-0.39, 0.29) is 11.7 Å². The number of methoxy groups -OCH3 is 1. The lowest BCUT2D eigenvalue weighted by atomic mass is 10.1. The Hall–Kier alpha value is -2.64. The van der Waals surface area contributed by atoms with Crippen LogP contribution in [0.15, 0.2) is 30.6 Å². The van der Waals surface area contributed by atoms with E-state index in [2.05, 4.69) is 14.8 Å². The van der Waals surface area contributed by atoms with Crippen molar-refractivity contribution in [1.82, 2.24) is 14.8 Å². The Kier molecular flexibility index (Phi) is 5.06. The Bertz CT molecular complexity index is 747. The van der Waals surface area contributed by atoms with Crippen molar-refractivity contribution in [2.24, 2.45) is 0 Å². The summed E-state index contributed by atoms with van der Waals surface area (Å²) in [6, 6.07) is 2.19. The molecular weight excluding hydrogens is 323 g/mol. The van der Waals surface area contributed by atoms with Crippen LogP contribution < -0.4 is 0 Å². The van der Waals surface area contributed by atoms with E-state index in [1.165, 1.54) is 23.9 Å². The summed E-state index contributed by atoms with van der Waals surface area (Å²) in [6.07, 6.45) is 0.732. The molecule has 5 nitrogen and oxygen atoms in total. The number of esters is 1. The molecule has 0 atom stereocenters. The maximum absolute atomic E-state index is 12.6. The van der Waals surface area contributed by atoms with Gasteiger partial charge in [0.2, 0.25) is 0 Å². The van der Waals surface area contributed by atoms with E-state index in [1.54, 1.807) is 12.3 Å². The number of halogens is 3. The molecule has 0 N–H and O–H groups in total. The molecule has 2 rings (SSSR count). The van der Waals surface area contributed by atoms with E-state index < -0.39 is 17.7 Å². The van der Waals surface area contributed by atoms with Gasteiger partial charge in [-0.05, 0) is 24.1 Å². The predicted octanol–water partition coefficient (Wildman–Crippen LogP) is 3.60. The first-order valence-electron chi connectivity index (χ1n) is 7.11. The van der Waals surface area contributed by atoms with Crippen molar-refractivity contribution in [3.05, 3.63) is 47.4 Å². The molecule has 0 aliphatic rings. The topological polar surface area (TPSA) is 57.0 Å². The lowest BCUT2D eigenvalue weighted by molar-refractivity contribution is -0.138. The van der Waals surface area contributed by atoms with Crippen molar-refractivity contribution in [1.29, 1.82) is 0 Å². The number of carbonyl (C=O) groups is 1. The van der Waals surface area contributed by atoms with Gasteiger partial charge in [-0.3, -0.25) is 0 Å². The Balaban J connectivity index is 2.37. The van der Waals surface area contributed by atoms with Gasteiger partial charge in [0.05, 0.1) is 18.4 Å². The smallest absolute Gasteiger partial charge is 0.417 e. The Morgan fingerprint density at radius 1 is 1.33 bits per heavy atom. The number of hydrogen-bond donors (Lipinski definition) is 0. The highest BCUT2D eigenvalue weighted by molar-refractivity contribution is 5.87. The molecule has 0 bridgehead atoms. The Morgan fingerprint density at radius 3 is 2.54 bits per heavy atom. The number of alkyl halides is 3. The van der Waals surface area contributed by atoms with Gasteiger partial charge < -0.3 is 4.74 Å². The molecule has 128 valence electrons. The van der Waals surface area contributed by atoms with Crippen molar-refractivity contribution in [3.8, 4) is 5.82 Å². The van der Waals surface area contributed by atoms with E-state index in [0.717, 1.165) is 12.3 Å². The van der Waals surface area contributed by atoms with Crippen molar-refractivity contribution in [2.75, 3.05) is 7.11 Å². The molecule has 0 aromatic carbocycles. The maximum atomic E-state index is 12.6. The van der Waals surface area contributed by atoms with Crippen LogP contribution >= 0.6 is 0 Å². The van der Waals surface area contributed by atoms with Crippen LogP contribution in [0.1, 0.15) is 36.6 Å². The van der Waals surface area contributed by atoms with Crippen molar-refractivity contribution >= 4 is 12.0 Å². The highest BCUT2D eigenvalue weighted by Gasteiger charge is 2.30. The van der Waals surface area contributed by atoms with Gasteiger partial charge in [-0.25, -0.2) is 14.5 Å². The molecule has 2 aromatic heterocycles. The lowest BCUT2D eigenvalue weighted by Gasteiger charge is -2.06. The molecular formula is C16H16F3N3O2. The second-order valence-electron chi connectivity index (χ2n) is 5.33. The van der Waals surface area contributed by atoms with Crippen molar-refractivity contribution < 1.29 is 22.7 Å². The molecule has 0 radical (unpaired) electrons. The standard InChI is InChI=1S/C16H16F3N3O2/c1-10(2)15-11(4-7-14(23)24-3)9-22(21-15)13-6-5-12(8-20-13)16(17,18)19/h4-10H,1-3H3/b7-4+. The first-order valence-corrected chi connectivity index (χ1v) is 7.11. The highest BCUT2D eigenvalue weighted by Crippen LogP contribution is 2.29. The van der Waals surface area contributed by atoms with Crippen LogP contribution in [0.25, 0.3) is 11.9 Å². The normalized spacial score (nSPS) is 12.1. The van der Waals surface area contributed by atoms with Crippen LogP contribution in [-0.4, -0.2) is 27.8 Å². The molecule has 2 heterocycles. The minimum absolute atomic E-state index is 0.0537. The highest BCUT2D eigenvalue weighted by atomic mass is 19.4. The molecule has 0 aliphatic heterocycles. The predicted molar refractivity (Wildman–Crippen MR) is 81.5 cm³/mol. The van der Waals surface area contributed by atoms with Crippen LogP contribution in [-0.2, 0) is 15.7 Å². The average molecular weight is 339 g/mol. The molecule has 0 saturated heterocycles. The SMILES string of the molecule is COC(=O)/C=C/c1cn(-c2ccc(C(F)(F)F)cn2)nc1C(C)C. The van der Waals surface area contributed by atoms with Crippen LogP contribution in [0.3, 0.4) is 0 Å². The second-order valence-corrected chi connectivity index (χ2v) is 5.33. The third-order valence-corrected chi connectivity index (χ3v) is 3.23. The molecule has 0 fully saturated rings. The molecule has 0 unspecified atom stereocenters. The van der Waals surface area contributed by atoms with Gasteiger partial charge in [0, 0.05) is 24.0 Å². The fourth-order valence-corrected chi connectivity index (χ4v) is 2.01. The average Bonchev–Trinajstić information content (AvgIpc) is 2.96. The van der Waals surface area contributed by atoms with Gasteiger partial charge in [0.15, 0.2) is 5.82 Å². The number of aromatic nitrogens is 3. The zero-order chi connectivity index (χ0) is 17.9. The second kappa shape index (κ2) is 6.86. The van der Waals surface area contributed by atoms with Gasteiger partial charge in [-0.2, -0.15) is 18.3 Å². The van der Waals surface area contributed by atoms with Gasteiger partial charge in [0.25, 0.3) is 0 Å². The number of pyridine rings is 1. The number of rotatable bonds is 4. The number of hydrogen-bond acceptors (Lipinski definition) is 4. The van der Waals surface area contributed by atoms with Crippen LogP contribution in [0, 0.1) is 0 Å². The van der Waals surface area contributed by atoms with E-state index in [0.29, 0.717) is 11.3 Å². The lowest BCUT2D eigenvalue weighted by Crippen LogP contribution is -2.07. The Morgan fingerprint density at radius 2 is 2.04 bits per heavy atom. The van der Waals surface area contributed by atoms with E-state index in [4.69, 9.17) is 0 Å². The van der Waals surface area contributed by atoms with Crippen molar-refractivity contribution in [3.63, 3.8) is 0 Å².